The highest BCUT2D eigenvalue weighted by Crippen LogP contribution is 2.32. The quantitative estimate of drug-likeness (QED) is 0.309. The normalized spacial score (nSPS) is 10.2. The second-order valence-corrected chi connectivity index (χ2v) is 6.24. The van der Waals surface area contributed by atoms with Crippen molar-refractivity contribution in [3.05, 3.63) is 59.9 Å². The Morgan fingerprint density at radius 2 is 1.76 bits per heavy atom. The van der Waals surface area contributed by atoms with Gasteiger partial charge >= 0.3 is 0 Å². The molecule has 0 atom stereocenters. The molecule has 0 bridgehead atoms. The van der Waals surface area contributed by atoms with Crippen molar-refractivity contribution < 1.29 is 24.0 Å². The fourth-order valence-electron chi connectivity index (χ4n) is 2.81. The highest BCUT2D eigenvalue weighted by atomic mass is 35.5. The van der Waals surface area contributed by atoms with Crippen molar-refractivity contribution in [2.75, 3.05) is 32.1 Å². The van der Waals surface area contributed by atoms with Crippen molar-refractivity contribution in [3.8, 4) is 5.75 Å². The van der Waals surface area contributed by atoms with E-state index in [1.807, 2.05) is 43.3 Å². The van der Waals surface area contributed by atoms with Crippen molar-refractivity contribution in [2.24, 2.45) is 0 Å². The number of hydrogen-bond donors (Lipinski definition) is 3. The smallest absolute Gasteiger partial charge is 0.289 e. The number of para-hydroxylation sites is 1. The number of anilines is 1. The van der Waals surface area contributed by atoms with E-state index in [2.05, 4.69) is 5.32 Å². The van der Waals surface area contributed by atoms with Gasteiger partial charge in [-0.25, -0.2) is 5.48 Å². The molecule has 0 radical (unpaired) electrons. The van der Waals surface area contributed by atoms with Gasteiger partial charge in [0.15, 0.2) is 0 Å². The van der Waals surface area contributed by atoms with Crippen LogP contribution in [-0.2, 0) is 0 Å². The molecule has 2 aromatic carbocycles. The Labute approximate surface area is 173 Å². The lowest BCUT2D eigenvalue weighted by Gasteiger charge is -2.13. The molecule has 0 unspecified atom stereocenters. The first-order valence-corrected chi connectivity index (χ1v) is 8.65. The second-order valence-electron chi connectivity index (χ2n) is 6.24. The number of benzene rings is 2. The average molecular weight is 420 g/mol. The lowest BCUT2D eigenvalue weighted by molar-refractivity contribution is 0.0706. The lowest BCUT2D eigenvalue weighted by Crippen LogP contribution is -2.29. The number of carbonyl (C=O) groups is 2. The number of hydroxylamine groups is 1. The van der Waals surface area contributed by atoms with Crippen LogP contribution in [0.3, 0.4) is 0 Å². The summed E-state index contributed by atoms with van der Waals surface area (Å²) < 4.78 is 11.3. The molecule has 0 saturated carbocycles. The number of ether oxygens (including phenoxy) is 1. The number of amides is 2. The van der Waals surface area contributed by atoms with E-state index in [-0.39, 0.29) is 37.2 Å². The molecule has 0 aliphatic heterocycles. The molecular formula is C20H22ClN3O5. The van der Waals surface area contributed by atoms with E-state index in [0.717, 1.165) is 11.1 Å². The summed E-state index contributed by atoms with van der Waals surface area (Å²) in [5.74, 6) is -0.119. The van der Waals surface area contributed by atoms with Gasteiger partial charge in [-0.1, -0.05) is 12.1 Å². The van der Waals surface area contributed by atoms with Gasteiger partial charge in [0.25, 0.3) is 11.8 Å². The molecule has 8 nitrogen and oxygen atoms in total. The minimum Gasteiger partial charge on any atom is -0.492 e. The standard InChI is InChI=1S/C20H21N3O5.ClH/c1-23(2)17-15-5-3-4-6-16(15)28-18(17)20(25)21-11-12-27-14-9-7-13(8-10-14)19(24)22-26;/h3-10,26H,11-12H2,1-2H3,(H,21,25)(H,22,24);1H. The second kappa shape index (κ2) is 9.81. The number of nitrogens with one attached hydrogen (secondary N) is 2. The minimum atomic E-state index is -0.596. The summed E-state index contributed by atoms with van der Waals surface area (Å²) in [6, 6.07) is 13.8. The highest BCUT2D eigenvalue weighted by molar-refractivity contribution is 6.06. The number of carbonyl (C=O) groups excluding carboxylic acids is 2. The minimum absolute atomic E-state index is 0. The van der Waals surface area contributed by atoms with Gasteiger partial charge in [0.2, 0.25) is 5.76 Å². The van der Waals surface area contributed by atoms with Crippen LogP contribution in [-0.4, -0.2) is 44.3 Å². The monoisotopic (exact) mass is 419 g/mol. The van der Waals surface area contributed by atoms with Crippen LogP contribution in [0.4, 0.5) is 5.69 Å². The molecule has 0 spiro atoms. The zero-order valence-electron chi connectivity index (χ0n) is 16.0. The maximum atomic E-state index is 12.5. The molecule has 1 heterocycles. The molecule has 9 heteroatoms. The first-order chi connectivity index (χ1) is 13.5. The average Bonchev–Trinajstić information content (AvgIpc) is 3.11. The Balaban J connectivity index is 0.00000300. The predicted octanol–water partition coefficient (Wildman–Crippen LogP) is 2.85. The summed E-state index contributed by atoms with van der Waals surface area (Å²) in [7, 11) is 3.72. The number of furan rings is 1. The summed E-state index contributed by atoms with van der Waals surface area (Å²) in [5.41, 5.74) is 3.25. The van der Waals surface area contributed by atoms with Crippen LogP contribution in [0, 0.1) is 0 Å². The van der Waals surface area contributed by atoms with Crippen molar-refractivity contribution in [1.82, 2.24) is 10.8 Å². The van der Waals surface area contributed by atoms with Crippen molar-refractivity contribution in [1.29, 1.82) is 0 Å². The summed E-state index contributed by atoms with van der Waals surface area (Å²) in [6.07, 6.45) is 0. The summed E-state index contributed by atoms with van der Waals surface area (Å²) in [6.45, 7) is 0.524. The topological polar surface area (TPSA) is 104 Å². The van der Waals surface area contributed by atoms with Gasteiger partial charge in [-0.3, -0.25) is 14.8 Å². The molecule has 0 aliphatic rings. The maximum Gasteiger partial charge on any atom is 0.289 e. The molecule has 29 heavy (non-hydrogen) atoms. The number of fused-ring (bicyclic) bond motifs is 1. The van der Waals surface area contributed by atoms with Crippen LogP contribution in [0.25, 0.3) is 11.0 Å². The van der Waals surface area contributed by atoms with Crippen LogP contribution in [0.1, 0.15) is 20.9 Å². The number of halogens is 1. The Morgan fingerprint density at radius 3 is 2.41 bits per heavy atom. The SMILES string of the molecule is CN(C)c1c(C(=O)NCCOc2ccc(C(=O)NO)cc2)oc2ccccc12.Cl. The number of nitrogens with zero attached hydrogens (tertiary/aromatic N) is 1. The summed E-state index contributed by atoms with van der Waals surface area (Å²) >= 11 is 0. The molecule has 3 rings (SSSR count). The molecule has 1 aromatic heterocycles. The third kappa shape index (κ3) is 4.98. The van der Waals surface area contributed by atoms with Crippen molar-refractivity contribution in [3.63, 3.8) is 0 Å². The van der Waals surface area contributed by atoms with Gasteiger partial charge in [0, 0.05) is 25.0 Å². The molecule has 0 aliphatic carbocycles. The van der Waals surface area contributed by atoms with E-state index >= 15 is 0 Å². The number of rotatable bonds is 7. The Bertz CT molecular complexity index is 985. The molecule has 154 valence electrons. The molecule has 3 N–H and O–H groups in total. The molecule has 0 saturated heterocycles. The molecule has 0 fully saturated rings. The summed E-state index contributed by atoms with van der Waals surface area (Å²) in [4.78, 5) is 25.7. The number of hydrogen-bond acceptors (Lipinski definition) is 6. The fraction of sp³-hybridized carbons (Fsp3) is 0.200. The van der Waals surface area contributed by atoms with E-state index in [4.69, 9.17) is 14.4 Å². The Kier molecular flexibility index (Phi) is 7.46. The Morgan fingerprint density at radius 1 is 1.07 bits per heavy atom. The highest BCUT2D eigenvalue weighted by Gasteiger charge is 2.21. The molecular weight excluding hydrogens is 398 g/mol. The molecule has 2 amide bonds. The zero-order valence-corrected chi connectivity index (χ0v) is 16.8. The fourth-order valence-corrected chi connectivity index (χ4v) is 2.81. The van der Waals surface area contributed by atoms with Gasteiger partial charge in [-0.05, 0) is 36.4 Å². The van der Waals surface area contributed by atoms with E-state index in [1.165, 1.54) is 12.1 Å². The molecule has 3 aromatic rings. The van der Waals surface area contributed by atoms with Crippen LogP contribution in [0.2, 0.25) is 0 Å². The zero-order chi connectivity index (χ0) is 20.1. The first-order valence-electron chi connectivity index (χ1n) is 8.65. The van der Waals surface area contributed by atoms with E-state index < -0.39 is 5.91 Å². The van der Waals surface area contributed by atoms with Crippen LogP contribution < -0.4 is 20.4 Å². The van der Waals surface area contributed by atoms with Crippen molar-refractivity contribution in [2.45, 2.75) is 0 Å². The third-order valence-corrected chi connectivity index (χ3v) is 4.10. The third-order valence-electron chi connectivity index (χ3n) is 4.10. The predicted molar refractivity (Wildman–Crippen MR) is 111 cm³/mol. The van der Waals surface area contributed by atoms with Gasteiger partial charge in [0.1, 0.15) is 17.9 Å². The van der Waals surface area contributed by atoms with Crippen LogP contribution >= 0.6 is 12.4 Å². The van der Waals surface area contributed by atoms with E-state index in [1.54, 1.807) is 17.6 Å². The van der Waals surface area contributed by atoms with Crippen LogP contribution in [0.5, 0.6) is 5.75 Å². The van der Waals surface area contributed by atoms with Gasteiger partial charge < -0.3 is 19.4 Å². The largest absolute Gasteiger partial charge is 0.492 e. The first kappa shape index (κ1) is 22.1. The Hall–Kier alpha value is -3.23. The summed E-state index contributed by atoms with van der Waals surface area (Å²) in [5, 5.41) is 12.3. The van der Waals surface area contributed by atoms with Gasteiger partial charge in [-0.2, -0.15) is 0 Å². The van der Waals surface area contributed by atoms with Crippen LogP contribution in [0.15, 0.2) is 52.9 Å². The van der Waals surface area contributed by atoms with E-state index in [0.29, 0.717) is 16.9 Å². The van der Waals surface area contributed by atoms with Gasteiger partial charge in [0.05, 0.1) is 12.2 Å². The maximum absolute atomic E-state index is 12.5. The lowest BCUT2D eigenvalue weighted by atomic mass is 10.2. The van der Waals surface area contributed by atoms with Gasteiger partial charge in [-0.15, -0.1) is 12.4 Å². The van der Waals surface area contributed by atoms with Crippen molar-refractivity contribution >= 4 is 40.9 Å². The van der Waals surface area contributed by atoms with E-state index in [9.17, 15) is 9.59 Å².